The van der Waals surface area contributed by atoms with Crippen LogP contribution in [0.2, 0.25) is 0 Å². The van der Waals surface area contributed by atoms with Gasteiger partial charge in [0.15, 0.2) is 0 Å². The highest BCUT2D eigenvalue weighted by Gasteiger charge is 2.34. The van der Waals surface area contributed by atoms with E-state index in [9.17, 15) is 9.36 Å². The Bertz CT molecular complexity index is 368. The third kappa shape index (κ3) is 2.51. The van der Waals surface area contributed by atoms with Gasteiger partial charge < -0.3 is 9.79 Å². The van der Waals surface area contributed by atoms with Gasteiger partial charge in [-0.25, -0.2) is 0 Å². The number of ketones is 1. The van der Waals surface area contributed by atoms with E-state index in [1.807, 2.05) is 0 Å². The maximum atomic E-state index is 11.1. The number of hydrogen-bond donors (Lipinski definition) is 2. The number of hydrogen-bond acceptors (Lipinski definition) is 2. The van der Waals surface area contributed by atoms with Gasteiger partial charge in [-0.05, 0) is 12.5 Å². The molecule has 0 spiro atoms. The van der Waals surface area contributed by atoms with Crippen LogP contribution in [0.5, 0.6) is 0 Å². The third-order valence-electron chi connectivity index (χ3n) is 1.84. The number of rotatable bonds is 3. The molecule has 1 atom stereocenters. The second-order valence-electron chi connectivity index (χ2n) is 3.01. The lowest BCUT2D eigenvalue weighted by Crippen LogP contribution is -2.09. The van der Waals surface area contributed by atoms with Crippen molar-refractivity contribution in [1.82, 2.24) is 0 Å². The first kappa shape index (κ1) is 11.1. The Kier molecular flexibility index (Phi) is 3.21. The Morgan fingerprint density at radius 1 is 1.29 bits per heavy atom. The molecule has 0 amide bonds. The number of Topliss-reactive ketones (excluding diaryl/α,β-unsaturated/α-hetero) is 1. The van der Waals surface area contributed by atoms with Crippen molar-refractivity contribution in [3.8, 4) is 0 Å². The fourth-order valence-electron chi connectivity index (χ4n) is 1.30. The molecule has 0 aliphatic carbocycles. The van der Waals surface area contributed by atoms with Crippen molar-refractivity contribution < 1.29 is 19.1 Å². The van der Waals surface area contributed by atoms with Gasteiger partial charge in [-0.1, -0.05) is 30.3 Å². The van der Waals surface area contributed by atoms with Crippen LogP contribution in [0.4, 0.5) is 0 Å². The normalized spacial score (nSPS) is 13.6. The van der Waals surface area contributed by atoms with E-state index in [1.54, 1.807) is 18.2 Å². The molecule has 0 aromatic heterocycles. The van der Waals surface area contributed by atoms with Crippen molar-refractivity contribution in [3.05, 3.63) is 35.9 Å². The topological polar surface area (TPSA) is 74.6 Å². The van der Waals surface area contributed by atoms with Crippen LogP contribution in [0.1, 0.15) is 18.1 Å². The molecule has 0 aliphatic rings. The molecular formula is C9H11O4P. The second kappa shape index (κ2) is 4.05. The summed E-state index contributed by atoms with van der Waals surface area (Å²) < 4.78 is 11.0. The molecule has 0 radical (unpaired) electrons. The minimum absolute atomic E-state index is 0.355. The van der Waals surface area contributed by atoms with Gasteiger partial charge in [-0.3, -0.25) is 9.36 Å². The quantitative estimate of drug-likeness (QED) is 0.747. The zero-order chi connectivity index (χ0) is 10.8. The van der Waals surface area contributed by atoms with Gasteiger partial charge in [0.1, 0.15) is 11.4 Å². The maximum absolute atomic E-state index is 11.1. The van der Waals surface area contributed by atoms with E-state index in [0.717, 1.165) is 0 Å². The predicted octanol–water partition coefficient (Wildman–Crippen LogP) is 1.49. The highest BCUT2D eigenvalue weighted by molar-refractivity contribution is 7.53. The third-order valence-corrected chi connectivity index (χ3v) is 3.17. The van der Waals surface area contributed by atoms with Crippen LogP contribution in [-0.4, -0.2) is 15.6 Å². The fraction of sp³-hybridized carbons (Fsp3) is 0.222. The molecule has 1 rings (SSSR count). The molecule has 1 aromatic carbocycles. The summed E-state index contributed by atoms with van der Waals surface area (Å²) >= 11 is 0. The standard InChI is InChI=1S/C9H11O4P/c1-7(10)9(14(11,12)13)8-5-3-2-4-6-8/h2-6,9H,1H3,(H2,11,12,13). The van der Waals surface area contributed by atoms with Crippen molar-refractivity contribution >= 4 is 13.4 Å². The summed E-state index contributed by atoms with van der Waals surface area (Å²) in [7, 11) is -4.40. The molecule has 14 heavy (non-hydrogen) atoms. The number of carbonyl (C=O) groups is 1. The fourth-order valence-corrected chi connectivity index (χ4v) is 2.34. The van der Waals surface area contributed by atoms with Gasteiger partial charge in [0.25, 0.3) is 0 Å². The summed E-state index contributed by atoms with van der Waals surface area (Å²) in [4.78, 5) is 29.1. The summed E-state index contributed by atoms with van der Waals surface area (Å²) in [5.74, 6) is -0.524. The molecular weight excluding hydrogens is 203 g/mol. The summed E-state index contributed by atoms with van der Waals surface area (Å²) in [5.41, 5.74) is -0.975. The first-order valence-corrected chi connectivity index (χ1v) is 5.71. The zero-order valence-electron chi connectivity index (χ0n) is 7.62. The molecule has 0 saturated heterocycles. The Morgan fingerprint density at radius 2 is 1.79 bits per heavy atom. The van der Waals surface area contributed by atoms with Gasteiger partial charge in [-0.15, -0.1) is 0 Å². The van der Waals surface area contributed by atoms with E-state index in [0.29, 0.717) is 5.56 Å². The molecule has 2 N–H and O–H groups in total. The van der Waals surface area contributed by atoms with Crippen molar-refractivity contribution in [2.75, 3.05) is 0 Å². The van der Waals surface area contributed by atoms with Crippen LogP contribution in [0.15, 0.2) is 30.3 Å². The summed E-state index contributed by atoms with van der Waals surface area (Å²) in [6.45, 7) is 1.18. The summed E-state index contributed by atoms with van der Waals surface area (Å²) in [6, 6.07) is 8.07. The largest absolute Gasteiger partial charge is 0.340 e. The first-order chi connectivity index (χ1) is 6.43. The number of carbonyl (C=O) groups excluding carboxylic acids is 1. The molecule has 1 aromatic rings. The SMILES string of the molecule is CC(=O)C(c1ccccc1)P(=O)(O)O. The Balaban J connectivity index is 3.15. The van der Waals surface area contributed by atoms with E-state index in [2.05, 4.69) is 0 Å². The Labute approximate surface area is 81.7 Å². The van der Waals surface area contributed by atoms with E-state index < -0.39 is 19.0 Å². The van der Waals surface area contributed by atoms with Crippen LogP contribution < -0.4 is 0 Å². The van der Waals surface area contributed by atoms with E-state index in [-0.39, 0.29) is 0 Å². The Hall–Kier alpha value is -0.960. The highest BCUT2D eigenvalue weighted by Crippen LogP contribution is 2.52. The van der Waals surface area contributed by atoms with Crippen molar-refractivity contribution in [1.29, 1.82) is 0 Å². The molecule has 5 heteroatoms. The van der Waals surface area contributed by atoms with Crippen LogP contribution >= 0.6 is 7.60 Å². The van der Waals surface area contributed by atoms with Crippen molar-refractivity contribution in [2.45, 2.75) is 12.6 Å². The monoisotopic (exact) mass is 214 g/mol. The lowest BCUT2D eigenvalue weighted by molar-refractivity contribution is -0.117. The molecule has 76 valence electrons. The number of benzene rings is 1. The molecule has 4 nitrogen and oxygen atoms in total. The zero-order valence-corrected chi connectivity index (χ0v) is 8.52. The molecule has 0 fully saturated rings. The minimum Gasteiger partial charge on any atom is -0.324 e. The summed E-state index contributed by atoms with van der Waals surface area (Å²) in [5, 5.41) is 0. The van der Waals surface area contributed by atoms with Crippen LogP contribution in [0, 0.1) is 0 Å². The van der Waals surface area contributed by atoms with E-state index in [1.165, 1.54) is 19.1 Å². The molecule has 0 saturated carbocycles. The predicted molar refractivity (Wildman–Crippen MR) is 51.9 cm³/mol. The second-order valence-corrected chi connectivity index (χ2v) is 4.71. The van der Waals surface area contributed by atoms with Gasteiger partial charge in [0.05, 0.1) is 0 Å². The smallest absolute Gasteiger partial charge is 0.324 e. The van der Waals surface area contributed by atoms with Crippen LogP contribution in [0.3, 0.4) is 0 Å². The maximum Gasteiger partial charge on any atom is 0.340 e. The van der Waals surface area contributed by atoms with E-state index >= 15 is 0 Å². The van der Waals surface area contributed by atoms with Crippen molar-refractivity contribution in [2.24, 2.45) is 0 Å². The average Bonchev–Trinajstić information content (AvgIpc) is 2.02. The van der Waals surface area contributed by atoms with Gasteiger partial charge in [0, 0.05) is 0 Å². The summed E-state index contributed by atoms with van der Waals surface area (Å²) in [6.07, 6.45) is 0. The van der Waals surface area contributed by atoms with Crippen LogP contribution in [0.25, 0.3) is 0 Å². The van der Waals surface area contributed by atoms with Crippen LogP contribution in [-0.2, 0) is 9.36 Å². The lowest BCUT2D eigenvalue weighted by atomic mass is 10.1. The molecule has 1 unspecified atom stereocenters. The first-order valence-electron chi connectivity index (χ1n) is 4.03. The average molecular weight is 214 g/mol. The molecule has 0 bridgehead atoms. The van der Waals surface area contributed by atoms with Gasteiger partial charge >= 0.3 is 7.60 Å². The van der Waals surface area contributed by atoms with E-state index in [4.69, 9.17) is 9.79 Å². The lowest BCUT2D eigenvalue weighted by Gasteiger charge is -2.15. The highest BCUT2D eigenvalue weighted by atomic mass is 31.2. The Morgan fingerprint density at radius 3 is 2.14 bits per heavy atom. The van der Waals surface area contributed by atoms with Crippen molar-refractivity contribution in [3.63, 3.8) is 0 Å². The molecule has 0 aliphatic heterocycles. The molecule has 0 heterocycles. The van der Waals surface area contributed by atoms with Gasteiger partial charge in [-0.2, -0.15) is 0 Å². The van der Waals surface area contributed by atoms with Gasteiger partial charge in [0.2, 0.25) is 0 Å². The minimum atomic E-state index is -4.40.